The summed E-state index contributed by atoms with van der Waals surface area (Å²) in [5.74, 6) is 0. The van der Waals surface area contributed by atoms with Crippen LogP contribution in [0.1, 0.15) is 201 Å². The first kappa shape index (κ1) is 45.3. The molecule has 0 rings (SSSR count). The first-order valence-electron chi connectivity index (χ1n) is 19.8. The molecule has 0 spiro atoms. The maximum atomic E-state index is 11.8. The van der Waals surface area contributed by atoms with Crippen LogP contribution in [-0.4, -0.2) is 40.3 Å². The van der Waals surface area contributed by atoms with Gasteiger partial charge in [0.1, 0.15) is 6.10 Å². The smallest absolute Gasteiger partial charge is 0.266 e. The number of ether oxygens (including phenoxy) is 2. The van der Waals surface area contributed by atoms with Crippen molar-refractivity contribution in [2.45, 2.75) is 213 Å². The number of unbranched alkanes of at least 4 members (excludes halogenated alkanes) is 24. The van der Waals surface area contributed by atoms with Crippen molar-refractivity contribution in [1.82, 2.24) is 0 Å². The van der Waals surface area contributed by atoms with Gasteiger partial charge in [0, 0.05) is 13.2 Å². The van der Waals surface area contributed by atoms with E-state index < -0.39 is 22.5 Å². The molecule has 0 amide bonds. The highest BCUT2D eigenvalue weighted by molar-refractivity contribution is 7.86. The maximum absolute atomic E-state index is 11.8. The number of rotatable bonds is 37. The van der Waals surface area contributed by atoms with Gasteiger partial charge in [-0.25, -0.2) is 4.18 Å². The molecule has 2 unspecified atom stereocenters. The van der Waals surface area contributed by atoms with Crippen LogP contribution in [0.4, 0.5) is 0 Å². The van der Waals surface area contributed by atoms with E-state index in [0.717, 1.165) is 31.9 Å². The van der Waals surface area contributed by atoms with Crippen molar-refractivity contribution in [1.29, 1.82) is 0 Å². The zero-order valence-corrected chi connectivity index (χ0v) is 31.9. The van der Waals surface area contributed by atoms with Gasteiger partial charge in [-0.15, -0.1) is 0 Å². The Bertz CT molecular complexity index is 764. The molecule has 0 aromatic rings. The normalized spacial score (nSPS) is 13.7. The third-order valence-electron chi connectivity index (χ3n) is 8.63. The molecule has 0 radical (unpaired) electrons. The van der Waals surface area contributed by atoms with Crippen molar-refractivity contribution in [3.8, 4) is 0 Å². The molecule has 2 atom stereocenters. The summed E-state index contributed by atoms with van der Waals surface area (Å²) < 4.78 is 40.6. The summed E-state index contributed by atoms with van der Waals surface area (Å²) in [7, 11) is -3.62. The fourth-order valence-corrected chi connectivity index (χ4v) is 6.22. The van der Waals surface area contributed by atoms with Crippen molar-refractivity contribution in [3.63, 3.8) is 0 Å². The van der Waals surface area contributed by atoms with Gasteiger partial charge in [0.15, 0.2) is 0 Å². The third-order valence-corrected chi connectivity index (χ3v) is 9.17. The van der Waals surface area contributed by atoms with Gasteiger partial charge in [-0.3, -0.25) is 0 Å². The lowest BCUT2D eigenvalue weighted by Crippen LogP contribution is -2.34. The van der Waals surface area contributed by atoms with Crippen LogP contribution in [0.3, 0.4) is 0 Å². The molecular weight excluding hydrogens is 593 g/mol. The average molecular weight is 671 g/mol. The molecule has 0 saturated carbocycles. The lowest BCUT2D eigenvalue weighted by Gasteiger charge is -2.23. The van der Waals surface area contributed by atoms with Gasteiger partial charge in [0.05, 0.1) is 6.26 Å². The Morgan fingerprint density at radius 1 is 0.457 bits per heavy atom. The van der Waals surface area contributed by atoms with E-state index in [0.29, 0.717) is 13.2 Å². The Balaban J connectivity index is 3.77. The molecule has 6 heteroatoms. The minimum absolute atomic E-state index is 0.424. The molecule has 0 bridgehead atoms. The molecule has 274 valence electrons. The Hall–Kier alpha value is -0.690. The summed E-state index contributed by atoms with van der Waals surface area (Å²) in [6, 6.07) is 0. The van der Waals surface area contributed by atoms with E-state index in [2.05, 4.69) is 38.2 Å². The molecule has 0 aliphatic rings. The number of hydrogen-bond donors (Lipinski definition) is 0. The predicted molar refractivity (Wildman–Crippen MR) is 200 cm³/mol. The van der Waals surface area contributed by atoms with Crippen LogP contribution in [0.15, 0.2) is 24.3 Å². The van der Waals surface area contributed by atoms with Gasteiger partial charge < -0.3 is 9.47 Å². The van der Waals surface area contributed by atoms with Gasteiger partial charge in [-0.2, -0.15) is 8.42 Å². The number of hydrogen-bond acceptors (Lipinski definition) is 5. The predicted octanol–water partition coefficient (Wildman–Crippen LogP) is 12.8. The Kier molecular flexibility index (Phi) is 35.1. The summed E-state index contributed by atoms with van der Waals surface area (Å²) in [6.07, 6.45) is 44.6. The van der Waals surface area contributed by atoms with Gasteiger partial charge >= 0.3 is 0 Å². The first-order chi connectivity index (χ1) is 22.4. The van der Waals surface area contributed by atoms with Crippen LogP contribution < -0.4 is 0 Å². The van der Waals surface area contributed by atoms with Gasteiger partial charge in [0.2, 0.25) is 6.29 Å². The largest absolute Gasteiger partial charge is 0.373 e. The second-order valence-electron chi connectivity index (χ2n) is 13.5. The minimum Gasteiger partial charge on any atom is -0.373 e. The molecular formula is C40H78O5S. The van der Waals surface area contributed by atoms with Crippen molar-refractivity contribution < 1.29 is 22.1 Å². The van der Waals surface area contributed by atoms with Crippen LogP contribution in [-0.2, 0) is 23.8 Å². The highest BCUT2D eigenvalue weighted by Gasteiger charge is 2.23. The molecule has 0 saturated heterocycles. The highest BCUT2D eigenvalue weighted by Crippen LogP contribution is 2.15. The van der Waals surface area contributed by atoms with Crippen LogP contribution in [0, 0.1) is 0 Å². The van der Waals surface area contributed by atoms with E-state index >= 15 is 0 Å². The standard InChI is InChI=1S/C40H78O5S/c1-5-7-9-11-13-15-17-19-21-23-25-27-29-31-33-35-37-43-39(3)40(45-46(4,41)42)44-38-36-34-32-30-28-26-24-22-20-18-16-14-12-10-8-6-2/h19-22,39-40H,5-18,23-38H2,1-4H3/b21-19-,22-20-. The van der Waals surface area contributed by atoms with E-state index in [1.807, 2.05) is 6.92 Å². The molecule has 0 aliphatic carbocycles. The molecule has 0 aliphatic heterocycles. The van der Waals surface area contributed by atoms with E-state index in [1.54, 1.807) is 0 Å². The van der Waals surface area contributed by atoms with Crippen molar-refractivity contribution in [2.24, 2.45) is 0 Å². The van der Waals surface area contributed by atoms with E-state index in [1.165, 1.54) is 154 Å². The zero-order valence-electron chi connectivity index (χ0n) is 31.1. The zero-order chi connectivity index (χ0) is 33.8. The van der Waals surface area contributed by atoms with Crippen molar-refractivity contribution in [2.75, 3.05) is 19.5 Å². The van der Waals surface area contributed by atoms with Crippen molar-refractivity contribution >= 4 is 10.1 Å². The van der Waals surface area contributed by atoms with Gasteiger partial charge in [0.25, 0.3) is 10.1 Å². The summed E-state index contributed by atoms with van der Waals surface area (Å²) >= 11 is 0. The number of allylic oxidation sites excluding steroid dienone is 4. The van der Waals surface area contributed by atoms with Gasteiger partial charge in [-0.05, 0) is 71.1 Å². The Morgan fingerprint density at radius 3 is 1.11 bits per heavy atom. The van der Waals surface area contributed by atoms with Gasteiger partial charge in [-0.1, -0.05) is 154 Å². The molecule has 46 heavy (non-hydrogen) atoms. The fraction of sp³-hybridized carbons (Fsp3) is 0.900. The molecule has 0 fully saturated rings. The second kappa shape index (κ2) is 35.6. The molecule has 0 aromatic carbocycles. The lowest BCUT2D eigenvalue weighted by molar-refractivity contribution is -0.156. The van der Waals surface area contributed by atoms with Crippen LogP contribution in [0.5, 0.6) is 0 Å². The SMILES string of the molecule is CCCCCCCC/C=C\CCCCCCCCOC(C)C(OCCCCCCCC/C=C\CCCCCCCC)OS(C)(=O)=O. The Labute approximate surface area is 288 Å². The monoisotopic (exact) mass is 671 g/mol. The third kappa shape index (κ3) is 36.2. The average Bonchev–Trinajstić information content (AvgIpc) is 3.02. The van der Waals surface area contributed by atoms with E-state index in [4.69, 9.17) is 13.7 Å². The Morgan fingerprint density at radius 2 is 0.761 bits per heavy atom. The summed E-state index contributed by atoms with van der Waals surface area (Å²) in [4.78, 5) is 0. The fourth-order valence-electron chi connectivity index (χ4n) is 5.66. The summed E-state index contributed by atoms with van der Waals surface area (Å²) in [5, 5.41) is 0. The summed E-state index contributed by atoms with van der Waals surface area (Å²) in [6.45, 7) is 7.47. The summed E-state index contributed by atoms with van der Waals surface area (Å²) in [5.41, 5.74) is 0. The molecule has 0 N–H and O–H groups in total. The molecule has 0 aromatic heterocycles. The topological polar surface area (TPSA) is 61.8 Å². The molecule has 5 nitrogen and oxygen atoms in total. The quantitative estimate of drug-likeness (QED) is 0.0285. The van der Waals surface area contributed by atoms with Crippen LogP contribution >= 0.6 is 0 Å². The highest BCUT2D eigenvalue weighted by atomic mass is 32.2. The second-order valence-corrected chi connectivity index (χ2v) is 15.1. The maximum Gasteiger partial charge on any atom is 0.266 e. The van der Waals surface area contributed by atoms with Crippen molar-refractivity contribution in [3.05, 3.63) is 24.3 Å². The van der Waals surface area contributed by atoms with Crippen LogP contribution in [0.25, 0.3) is 0 Å². The van der Waals surface area contributed by atoms with E-state index in [-0.39, 0.29) is 0 Å². The van der Waals surface area contributed by atoms with Crippen LogP contribution in [0.2, 0.25) is 0 Å². The minimum atomic E-state index is -3.62. The van der Waals surface area contributed by atoms with E-state index in [9.17, 15) is 8.42 Å². The molecule has 0 heterocycles. The first-order valence-corrected chi connectivity index (χ1v) is 21.6. The lowest BCUT2D eigenvalue weighted by atomic mass is 10.1.